The monoisotopic (exact) mass is 667 g/mol. The van der Waals surface area contributed by atoms with E-state index >= 15 is 8.78 Å². The Bertz CT molecular complexity index is 1510. The maximum atomic E-state index is 15.9. The molecule has 0 bridgehead atoms. The number of sulfonamides is 1. The van der Waals surface area contributed by atoms with Gasteiger partial charge < -0.3 is 27.0 Å². The third kappa shape index (κ3) is 6.80. The van der Waals surface area contributed by atoms with Crippen LogP contribution in [0.1, 0.15) is 50.5 Å². The Kier molecular flexibility index (Phi) is 9.71. The number of piperazine rings is 1. The normalized spacial score (nSPS) is 25.1. The number of rotatable bonds is 10. The number of benzene rings is 1. The van der Waals surface area contributed by atoms with Gasteiger partial charge in [-0.1, -0.05) is 11.6 Å². The first kappa shape index (κ1) is 33.5. The number of nitrogens with zero attached hydrogens (tertiary/aromatic N) is 4. The molecule has 3 fully saturated rings. The minimum atomic E-state index is -3.84. The lowest BCUT2D eigenvalue weighted by Gasteiger charge is -2.40. The van der Waals surface area contributed by atoms with Crippen LogP contribution in [-0.2, 0) is 25.5 Å². The van der Waals surface area contributed by atoms with Gasteiger partial charge in [-0.25, -0.2) is 22.2 Å². The van der Waals surface area contributed by atoms with E-state index in [4.69, 9.17) is 28.8 Å². The Morgan fingerprint density at radius 3 is 2.29 bits per heavy atom. The van der Waals surface area contributed by atoms with Gasteiger partial charge in [-0.2, -0.15) is 4.31 Å². The van der Waals surface area contributed by atoms with Gasteiger partial charge >= 0.3 is 0 Å². The number of pyridine rings is 1. The fourth-order valence-corrected chi connectivity index (χ4v) is 8.38. The molecule has 0 unspecified atom stereocenters. The Labute approximate surface area is 267 Å². The van der Waals surface area contributed by atoms with Crippen LogP contribution in [0.2, 0.25) is 5.15 Å². The van der Waals surface area contributed by atoms with Crippen LogP contribution < -0.4 is 27.0 Å². The number of primary amides is 1. The molecule has 0 radical (unpaired) electrons. The van der Waals surface area contributed by atoms with Crippen LogP contribution in [0, 0.1) is 11.3 Å². The summed E-state index contributed by atoms with van der Waals surface area (Å²) in [6.45, 7) is 1.46. The number of halogens is 3. The fraction of sp³-hybridized carbons (Fsp3) is 0.567. The highest BCUT2D eigenvalue weighted by molar-refractivity contribution is 7.89. The maximum absolute atomic E-state index is 15.9. The highest BCUT2D eigenvalue weighted by Crippen LogP contribution is 2.50. The number of aromatic nitrogens is 1. The standard InChI is InChI=1S/C30H40ClF2N7O4S/c31-25-16-21(30(32,33)20-6-9-29(10-7-20,28(36)42)8-1-11-34)17-26(37-25)38-12-14-39(15-13-38)45(43,44)24-4-2-23(3-5-24)40-19-22(35)18-27(40)41/h2-5,16-17,20,22H,1,6-15,18-19,34-35H2,(H2,36,42)/t20?,22-,29?/m1/s1. The molecular weight excluding hydrogens is 628 g/mol. The first-order valence-electron chi connectivity index (χ1n) is 15.2. The van der Waals surface area contributed by atoms with Crippen molar-refractivity contribution in [2.75, 3.05) is 49.1 Å². The predicted molar refractivity (Wildman–Crippen MR) is 167 cm³/mol. The topological polar surface area (TPSA) is 169 Å². The molecule has 2 aliphatic heterocycles. The zero-order valence-electron chi connectivity index (χ0n) is 25.0. The molecule has 2 aromatic rings. The molecule has 5 rings (SSSR count). The number of hydrogen-bond acceptors (Lipinski definition) is 8. The van der Waals surface area contributed by atoms with Gasteiger partial charge in [0.25, 0.3) is 5.92 Å². The predicted octanol–water partition coefficient (Wildman–Crippen LogP) is 2.80. The lowest BCUT2D eigenvalue weighted by molar-refractivity contribution is -0.136. The molecule has 1 atom stereocenters. The summed E-state index contributed by atoms with van der Waals surface area (Å²) >= 11 is 6.23. The summed E-state index contributed by atoms with van der Waals surface area (Å²) in [5.74, 6) is -4.54. The first-order chi connectivity index (χ1) is 21.3. The van der Waals surface area contributed by atoms with Gasteiger partial charge in [0.2, 0.25) is 21.8 Å². The molecule has 1 aliphatic carbocycles. The van der Waals surface area contributed by atoms with E-state index in [-0.39, 0.29) is 91.7 Å². The van der Waals surface area contributed by atoms with Crippen molar-refractivity contribution in [3.63, 3.8) is 0 Å². The lowest BCUT2D eigenvalue weighted by Crippen LogP contribution is -2.49. The second-order valence-corrected chi connectivity index (χ2v) is 14.6. The molecule has 1 aromatic heterocycles. The van der Waals surface area contributed by atoms with Gasteiger partial charge in [-0.3, -0.25) is 9.59 Å². The van der Waals surface area contributed by atoms with E-state index in [1.807, 2.05) is 0 Å². The summed E-state index contributed by atoms with van der Waals surface area (Å²) in [6.07, 6.45) is 2.16. The van der Waals surface area contributed by atoms with Gasteiger partial charge in [-0.05, 0) is 81.5 Å². The molecule has 1 aromatic carbocycles. The smallest absolute Gasteiger partial charge is 0.276 e. The van der Waals surface area contributed by atoms with E-state index in [0.29, 0.717) is 31.6 Å². The molecule has 3 aliphatic rings. The maximum Gasteiger partial charge on any atom is 0.276 e. The molecule has 11 nitrogen and oxygen atoms in total. The molecule has 45 heavy (non-hydrogen) atoms. The summed E-state index contributed by atoms with van der Waals surface area (Å²) in [5, 5.41) is -0.0833. The van der Waals surface area contributed by atoms with Gasteiger partial charge in [0.15, 0.2) is 0 Å². The molecule has 246 valence electrons. The summed E-state index contributed by atoms with van der Waals surface area (Å²) in [7, 11) is -3.84. The van der Waals surface area contributed by atoms with Crippen molar-refractivity contribution in [2.45, 2.75) is 61.8 Å². The zero-order valence-corrected chi connectivity index (χ0v) is 26.6. The second kappa shape index (κ2) is 13.1. The van der Waals surface area contributed by atoms with Crippen molar-refractivity contribution >= 4 is 44.9 Å². The summed E-state index contributed by atoms with van der Waals surface area (Å²) < 4.78 is 59.9. The molecule has 2 amide bonds. The Morgan fingerprint density at radius 1 is 1.09 bits per heavy atom. The SMILES string of the molecule is NCCCC1(C(N)=O)CCC(C(F)(F)c2cc(Cl)nc(N3CCN(S(=O)(=O)c4ccc(N5C[C@H](N)CC5=O)cc4)CC3)c2)CC1. The van der Waals surface area contributed by atoms with E-state index in [0.717, 1.165) is 0 Å². The summed E-state index contributed by atoms with van der Waals surface area (Å²) in [6, 6.07) is 8.37. The lowest BCUT2D eigenvalue weighted by atomic mass is 9.66. The summed E-state index contributed by atoms with van der Waals surface area (Å²) in [5.41, 5.74) is 16.7. The van der Waals surface area contributed by atoms with Crippen LogP contribution in [0.4, 0.5) is 20.3 Å². The Balaban J connectivity index is 1.24. The van der Waals surface area contributed by atoms with Crippen molar-refractivity contribution in [3.8, 4) is 0 Å². The van der Waals surface area contributed by atoms with Gasteiger partial charge in [0.05, 0.1) is 4.90 Å². The van der Waals surface area contributed by atoms with Gasteiger partial charge in [0.1, 0.15) is 11.0 Å². The van der Waals surface area contributed by atoms with Crippen LogP contribution in [-0.4, -0.2) is 74.8 Å². The fourth-order valence-electron chi connectivity index (χ4n) is 6.76. The van der Waals surface area contributed by atoms with Crippen LogP contribution in [0.5, 0.6) is 0 Å². The van der Waals surface area contributed by atoms with E-state index in [2.05, 4.69) is 4.98 Å². The Hall–Kier alpha value is -2.91. The van der Waals surface area contributed by atoms with Crippen molar-refractivity contribution < 1.29 is 26.8 Å². The van der Waals surface area contributed by atoms with Crippen LogP contribution in [0.3, 0.4) is 0 Å². The first-order valence-corrected chi connectivity index (χ1v) is 17.1. The van der Waals surface area contributed by atoms with Crippen molar-refractivity contribution in [1.29, 1.82) is 0 Å². The number of hydrogen-bond donors (Lipinski definition) is 3. The Morgan fingerprint density at radius 2 is 1.73 bits per heavy atom. The number of nitrogens with two attached hydrogens (primary N) is 3. The number of alkyl halides is 2. The van der Waals surface area contributed by atoms with Crippen molar-refractivity contribution in [1.82, 2.24) is 9.29 Å². The molecular formula is C30H40ClF2N7O4S. The quantitative estimate of drug-likeness (QED) is 0.325. The van der Waals surface area contributed by atoms with Crippen LogP contribution in [0.15, 0.2) is 41.3 Å². The molecule has 15 heteroatoms. The highest BCUT2D eigenvalue weighted by atomic mass is 35.5. The number of anilines is 2. The van der Waals surface area contributed by atoms with Crippen LogP contribution >= 0.6 is 11.6 Å². The zero-order chi connectivity index (χ0) is 32.6. The molecule has 3 heterocycles. The third-order valence-corrected chi connectivity index (χ3v) is 11.6. The molecule has 6 N–H and O–H groups in total. The number of carbonyl (C=O) groups is 2. The van der Waals surface area contributed by atoms with E-state index < -0.39 is 33.2 Å². The van der Waals surface area contributed by atoms with Crippen molar-refractivity contribution in [2.24, 2.45) is 28.5 Å². The summed E-state index contributed by atoms with van der Waals surface area (Å²) in [4.78, 5) is 32.0. The molecule has 1 saturated carbocycles. The van der Waals surface area contributed by atoms with Crippen molar-refractivity contribution in [3.05, 3.63) is 47.1 Å². The number of carbonyl (C=O) groups excluding carboxylic acids is 2. The van der Waals surface area contributed by atoms with E-state index in [1.165, 1.54) is 28.6 Å². The second-order valence-electron chi connectivity index (χ2n) is 12.3. The van der Waals surface area contributed by atoms with Crippen LogP contribution in [0.25, 0.3) is 0 Å². The van der Waals surface area contributed by atoms with E-state index in [9.17, 15) is 18.0 Å². The number of amides is 2. The minimum absolute atomic E-state index is 0.0833. The third-order valence-electron chi connectivity index (χ3n) is 9.51. The average Bonchev–Trinajstić information content (AvgIpc) is 3.37. The molecule has 0 spiro atoms. The minimum Gasteiger partial charge on any atom is -0.369 e. The highest BCUT2D eigenvalue weighted by Gasteiger charge is 2.48. The van der Waals surface area contributed by atoms with Gasteiger partial charge in [-0.15, -0.1) is 0 Å². The molecule has 2 saturated heterocycles. The largest absolute Gasteiger partial charge is 0.369 e. The van der Waals surface area contributed by atoms with E-state index in [1.54, 1.807) is 21.9 Å². The van der Waals surface area contributed by atoms with Gasteiger partial charge in [0, 0.05) is 67.8 Å². The average molecular weight is 668 g/mol.